The average molecular weight is 485 g/mol. The van der Waals surface area contributed by atoms with Crippen molar-refractivity contribution in [3.8, 4) is 34.0 Å². The molecule has 3 N–H and O–H groups in total. The van der Waals surface area contributed by atoms with E-state index in [0.717, 1.165) is 57.6 Å². The topological polar surface area (TPSA) is 81.1 Å². The minimum atomic E-state index is -0.210. The van der Waals surface area contributed by atoms with Crippen LogP contribution in [0.5, 0.6) is 5.75 Å². The predicted molar refractivity (Wildman–Crippen MR) is 144 cm³/mol. The highest BCUT2D eigenvalue weighted by Crippen LogP contribution is 2.39. The summed E-state index contributed by atoms with van der Waals surface area (Å²) in [6.07, 6.45) is 7.16. The van der Waals surface area contributed by atoms with E-state index in [1.807, 2.05) is 53.5 Å². The number of rotatable bonds is 4. The fourth-order valence-corrected chi connectivity index (χ4v) is 5.27. The molecule has 3 aromatic heterocycles. The first-order valence-electron chi connectivity index (χ1n) is 12.6. The lowest BCUT2D eigenvalue weighted by Gasteiger charge is -2.38. The number of hydrogen-bond donors (Lipinski definition) is 2. The molecule has 3 heterocycles. The summed E-state index contributed by atoms with van der Waals surface area (Å²) in [7, 11) is 0. The first-order valence-corrected chi connectivity index (χ1v) is 12.6. The Morgan fingerprint density at radius 1 is 0.838 bits per heavy atom. The molecule has 6 heteroatoms. The molecule has 0 saturated heterocycles. The maximum absolute atomic E-state index is 9.85. The summed E-state index contributed by atoms with van der Waals surface area (Å²) >= 11 is 0. The lowest BCUT2D eigenvalue weighted by Crippen LogP contribution is -2.43. The molecular weight excluding hydrogens is 458 g/mol. The Kier molecular flexibility index (Phi) is 4.84. The molecule has 0 unspecified atom stereocenters. The van der Waals surface area contributed by atoms with E-state index in [9.17, 15) is 5.11 Å². The Morgan fingerprint density at radius 3 is 2.30 bits per heavy atom. The van der Waals surface area contributed by atoms with Gasteiger partial charge in [-0.3, -0.25) is 4.98 Å². The van der Waals surface area contributed by atoms with E-state index in [1.165, 1.54) is 12.0 Å². The number of aromatic nitrogens is 4. The molecule has 0 atom stereocenters. The van der Waals surface area contributed by atoms with Crippen molar-refractivity contribution in [3.63, 3.8) is 0 Å². The van der Waals surface area contributed by atoms with E-state index in [4.69, 9.17) is 15.8 Å². The summed E-state index contributed by atoms with van der Waals surface area (Å²) in [6.45, 7) is 0. The molecule has 37 heavy (non-hydrogen) atoms. The van der Waals surface area contributed by atoms with Gasteiger partial charge in [0.25, 0.3) is 5.65 Å². The normalized spacial score (nSPS) is 14.6. The number of fused-ring (bicyclic) bond motifs is 3. The van der Waals surface area contributed by atoms with E-state index in [1.54, 1.807) is 12.1 Å². The molecule has 0 amide bonds. The Balaban J connectivity index is 1.48. The molecular formula is C31H26N5O+. The van der Waals surface area contributed by atoms with Gasteiger partial charge in [0.1, 0.15) is 11.4 Å². The molecule has 180 valence electrons. The van der Waals surface area contributed by atoms with Crippen LogP contribution >= 0.6 is 0 Å². The number of nitrogens with two attached hydrogens (primary N) is 1. The molecule has 6 nitrogen and oxygen atoms in total. The van der Waals surface area contributed by atoms with E-state index < -0.39 is 0 Å². The van der Waals surface area contributed by atoms with Crippen LogP contribution in [0.1, 0.15) is 24.8 Å². The van der Waals surface area contributed by atoms with Gasteiger partial charge in [0.2, 0.25) is 0 Å². The summed E-state index contributed by atoms with van der Waals surface area (Å²) in [5.41, 5.74) is 13.4. The zero-order valence-corrected chi connectivity index (χ0v) is 20.2. The minimum absolute atomic E-state index is 0.210. The average Bonchev–Trinajstić information content (AvgIpc) is 3.33. The summed E-state index contributed by atoms with van der Waals surface area (Å²) in [5.74, 6) is 1.00. The third-order valence-electron chi connectivity index (χ3n) is 7.56. The monoisotopic (exact) mass is 484 g/mol. The molecule has 1 fully saturated rings. The van der Waals surface area contributed by atoms with Gasteiger partial charge in [-0.05, 0) is 78.9 Å². The van der Waals surface area contributed by atoms with Crippen molar-refractivity contribution in [2.75, 3.05) is 0 Å². The quantitative estimate of drug-likeness (QED) is 0.322. The smallest absolute Gasteiger partial charge is 0.314 e. The van der Waals surface area contributed by atoms with Crippen molar-refractivity contribution in [1.82, 2.24) is 14.8 Å². The van der Waals surface area contributed by atoms with Gasteiger partial charge in [0, 0.05) is 17.3 Å². The van der Waals surface area contributed by atoms with Crippen LogP contribution in [-0.2, 0) is 5.54 Å². The molecule has 3 aromatic carbocycles. The van der Waals surface area contributed by atoms with Crippen molar-refractivity contribution < 1.29 is 9.51 Å². The van der Waals surface area contributed by atoms with Gasteiger partial charge in [-0.2, -0.15) is 4.40 Å². The molecule has 0 bridgehead atoms. The van der Waals surface area contributed by atoms with Gasteiger partial charge >= 0.3 is 5.82 Å². The third-order valence-corrected chi connectivity index (χ3v) is 7.56. The molecule has 0 radical (unpaired) electrons. The number of hydrogen-bond acceptors (Lipinski definition) is 4. The Hall–Kier alpha value is -4.55. The van der Waals surface area contributed by atoms with E-state index >= 15 is 0 Å². The SMILES string of the molecule is NC1(c2ccc(-n3nc(-c4ccc(O)cc4)[n+]4ccc5ncc(-c6ccccc6)cc5c34)cc2)CCC1. The van der Waals surface area contributed by atoms with Gasteiger partial charge < -0.3 is 10.8 Å². The molecule has 7 rings (SSSR count). The van der Waals surface area contributed by atoms with E-state index in [2.05, 4.69) is 46.9 Å². The van der Waals surface area contributed by atoms with Gasteiger partial charge in [-0.1, -0.05) is 47.1 Å². The Bertz CT molecular complexity index is 1750. The summed E-state index contributed by atoms with van der Waals surface area (Å²) in [4.78, 5) is 4.80. The minimum Gasteiger partial charge on any atom is -0.508 e. The van der Waals surface area contributed by atoms with Crippen LogP contribution < -0.4 is 10.1 Å². The van der Waals surface area contributed by atoms with E-state index in [0.29, 0.717) is 0 Å². The number of phenolic OH excluding ortho intramolecular Hbond substituents is 1. The zero-order chi connectivity index (χ0) is 25.0. The number of pyridine rings is 2. The van der Waals surface area contributed by atoms with Crippen LogP contribution in [0.4, 0.5) is 0 Å². The highest BCUT2D eigenvalue weighted by atomic mass is 16.3. The summed E-state index contributed by atoms with van der Waals surface area (Å²) in [6, 6.07) is 30.1. The van der Waals surface area contributed by atoms with Gasteiger partial charge in [-0.15, -0.1) is 0 Å². The molecule has 6 aromatic rings. The van der Waals surface area contributed by atoms with Crippen LogP contribution in [0.15, 0.2) is 103 Å². The van der Waals surface area contributed by atoms with Crippen molar-refractivity contribution in [3.05, 3.63) is 109 Å². The number of phenols is 1. The van der Waals surface area contributed by atoms with Crippen LogP contribution in [0, 0.1) is 0 Å². The summed E-state index contributed by atoms with van der Waals surface area (Å²) < 4.78 is 4.07. The van der Waals surface area contributed by atoms with Crippen molar-refractivity contribution in [1.29, 1.82) is 0 Å². The van der Waals surface area contributed by atoms with Gasteiger partial charge in [-0.25, -0.2) is 0 Å². The molecule has 1 aliphatic carbocycles. The second kappa shape index (κ2) is 8.25. The maximum atomic E-state index is 9.85. The third kappa shape index (κ3) is 3.57. The molecule has 0 aliphatic heterocycles. The second-order valence-corrected chi connectivity index (χ2v) is 9.87. The number of nitrogens with zero attached hydrogens (tertiary/aromatic N) is 4. The molecule has 1 saturated carbocycles. The fraction of sp³-hybridized carbons (Fsp3) is 0.129. The van der Waals surface area contributed by atoms with E-state index in [-0.39, 0.29) is 11.3 Å². The van der Waals surface area contributed by atoms with Crippen LogP contribution in [0.2, 0.25) is 0 Å². The Morgan fingerprint density at radius 2 is 1.59 bits per heavy atom. The standard InChI is InChI=1S/C31H25N5O/c32-31(16-4-17-31)24-9-11-25(12-10-24)36-30-27-19-23(21-5-2-1-3-6-21)20-33-28(27)15-18-35(30)29(34-36)22-7-13-26(37)14-8-22/h1-3,5-15,18-20H,4,16-17,32H2/p+1. The number of benzene rings is 3. The zero-order valence-electron chi connectivity index (χ0n) is 20.2. The van der Waals surface area contributed by atoms with Crippen LogP contribution in [0.3, 0.4) is 0 Å². The highest BCUT2D eigenvalue weighted by molar-refractivity contribution is 5.93. The van der Waals surface area contributed by atoms with Crippen molar-refractivity contribution in [2.24, 2.45) is 5.73 Å². The second-order valence-electron chi connectivity index (χ2n) is 9.87. The van der Waals surface area contributed by atoms with Crippen molar-refractivity contribution in [2.45, 2.75) is 24.8 Å². The van der Waals surface area contributed by atoms with Crippen LogP contribution in [0.25, 0.3) is 44.8 Å². The van der Waals surface area contributed by atoms with Crippen LogP contribution in [-0.4, -0.2) is 19.9 Å². The van der Waals surface area contributed by atoms with Gasteiger partial charge in [0.15, 0.2) is 0 Å². The maximum Gasteiger partial charge on any atom is 0.314 e. The predicted octanol–water partition coefficient (Wildman–Crippen LogP) is 5.54. The fourth-order valence-electron chi connectivity index (χ4n) is 5.27. The Labute approximate surface area is 214 Å². The summed E-state index contributed by atoms with van der Waals surface area (Å²) in [5, 5.41) is 15.9. The van der Waals surface area contributed by atoms with Gasteiger partial charge in [0.05, 0.1) is 27.8 Å². The number of aromatic hydroxyl groups is 1. The highest BCUT2D eigenvalue weighted by Gasteiger charge is 2.34. The molecule has 1 aliphatic rings. The molecule has 0 spiro atoms. The first kappa shape index (κ1) is 21.7. The lowest BCUT2D eigenvalue weighted by molar-refractivity contribution is -0.498. The lowest BCUT2D eigenvalue weighted by atomic mass is 9.73. The first-order chi connectivity index (χ1) is 18.1. The van der Waals surface area contributed by atoms with Crippen molar-refractivity contribution >= 4 is 16.6 Å². The largest absolute Gasteiger partial charge is 0.508 e.